The normalized spacial score (nSPS) is 14.2. The molecule has 62 valence electrons. The van der Waals surface area contributed by atoms with Crippen LogP contribution >= 0.6 is 0 Å². The van der Waals surface area contributed by atoms with Crippen LogP contribution in [-0.2, 0) is 4.79 Å². The van der Waals surface area contributed by atoms with Crippen molar-refractivity contribution in [2.75, 3.05) is 0 Å². The number of halogens is 1. The third-order valence-electron chi connectivity index (χ3n) is 1.31. The van der Waals surface area contributed by atoms with E-state index in [0.717, 1.165) is 6.21 Å². The number of carbonyl (C=O) groups excluding carboxylic acids is 1. The quantitative estimate of drug-likeness (QED) is 0.480. The van der Waals surface area contributed by atoms with Crippen molar-refractivity contribution in [1.29, 1.82) is 5.41 Å². The first-order chi connectivity index (χ1) is 5.24. The van der Waals surface area contributed by atoms with E-state index >= 15 is 0 Å². The van der Waals surface area contributed by atoms with Gasteiger partial charge in [0, 0.05) is 12.6 Å². The Hall–Kier alpha value is -0.990. The van der Waals surface area contributed by atoms with Gasteiger partial charge in [0.2, 0.25) is 0 Å². The van der Waals surface area contributed by atoms with Crippen molar-refractivity contribution < 1.29 is 9.18 Å². The lowest BCUT2D eigenvalue weighted by Crippen LogP contribution is -1.98. The molecule has 0 saturated heterocycles. The molecule has 0 aliphatic rings. The molecule has 0 fully saturated rings. The fourth-order valence-electron chi connectivity index (χ4n) is 0.660. The van der Waals surface area contributed by atoms with Crippen LogP contribution in [0.2, 0.25) is 0 Å². The Morgan fingerprint density at radius 2 is 2.36 bits per heavy atom. The van der Waals surface area contributed by atoms with Gasteiger partial charge in [-0.2, -0.15) is 0 Å². The summed E-state index contributed by atoms with van der Waals surface area (Å²) in [7, 11) is 0. The first-order valence-electron chi connectivity index (χ1n) is 3.53. The lowest BCUT2D eigenvalue weighted by Gasteiger charge is -1.98. The molecule has 3 heteroatoms. The molecule has 11 heavy (non-hydrogen) atoms. The van der Waals surface area contributed by atoms with E-state index in [1.54, 1.807) is 0 Å². The molecule has 0 spiro atoms. The van der Waals surface area contributed by atoms with Gasteiger partial charge in [-0.3, -0.25) is 0 Å². The van der Waals surface area contributed by atoms with Crippen molar-refractivity contribution in [3.05, 3.63) is 11.6 Å². The second-order valence-electron chi connectivity index (χ2n) is 2.16. The van der Waals surface area contributed by atoms with Crippen LogP contribution in [0.25, 0.3) is 0 Å². The molecule has 0 saturated carbocycles. The summed E-state index contributed by atoms with van der Waals surface area (Å²) in [6.45, 7) is 1.84. The molecule has 0 aliphatic heterocycles. The summed E-state index contributed by atoms with van der Waals surface area (Å²) in [5, 5.41) is 6.84. The molecule has 1 unspecified atom stereocenters. The highest BCUT2D eigenvalue weighted by Gasteiger charge is 2.01. The molecule has 1 N–H and O–H groups in total. The Morgan fingerprint density at radius 3 is 2.73 bits per heavy atom. The Labute approximate surface area is 65.6 Å². The average Bonchev–Trinajstić information content (AvgIpc) is 2.01. The second-order valence-corrected chi connectivity index (χ2v) is 2.16. The summed E-state index contributed by atoms with van der Waals surface area (Å²) >= 11 is 0. The standard InChI is InChI=1S/C8H12FNO/c1-2-7(6-10)5-8(9)3-4-11/h4-6,8,10H,2-3H2,1H3/b7-5+,10-6?. The van der Waals surface area contributed by atoms with Gasteiger partial charge in [0.1, 0.15) is 12.5 Å². The van der Waals surface area contributed by atoms with E-state index in [4.69, 9.17) is 5.41 Å². The number of nitrogens with one attached hydrogen (secondary N) is 1. The minimum atomic E-state index is -1.23. The number of alkyl halides is 1. The average molecular weight is 157 g/mol. The number of hydrogen-bond acceptors (Lipinski definition) is 2. The predicted molar refractivity (Wildman–Crippen MR) is 42.7 cm³/mol. The van der Waals surface area contributed by atoms with Crippen LogP contribution in [0.15, 0.2) is 11.6 Å². The molecular formula is C8H12FNO. The Kier molecular flexibility index (Phi) is 5.25. The Morgan fingerprint density at radius 1 is 1.73 bits per heavy atom. The summed E-state index contributed by atoms with van der Waals surface area (Å²) in [5.74, 6) is 0. The van der Waals surface area contributed by atoms with E-state index in [1.165, 1.54) is 6.08 Å². The van der Waals surface area contributed by atoms with Crippen LogP contribution in [0, 0.1) is 5.41 Å². The van der Waals surface area contributed by atoms with E-state index in [9.17, 15) is 9.18 Å². The van der Waals surface area contributed by atoms with Crippen molar-refractivity contribution in [3.63, 3.8) is 0 Å². The van der Waals surface area contributed by atoms with Gasteiger partial charge in [-0.1, -0.05) is 6.92 Å². The topological polar surface area (TPSA) is 40.9 Å². The third kappa shape index (κ3) is 4.42. The summed E-state index contributed by atoms with van der Waals surface area (Å²) in [4.78, 5) is 9.85. The number of rotatable bonds is 5. The molecule has 0 bridgehead atoms. The molecule has 0 amide bonds. The molecule has 0 aromatic heterocycles. The Balaban J connectivity index is 4.01. The van der Waals surface area contributed by atoms with E-state index in [1.807, 2.05) is 6.92 Å². The first kappa shape index (κ1) is 10.0. The maximum absolute atomic E-state index is 12.6. The van der Waals surface area contributed by atoms with Crippen LogP contribution in [0.3, 0.4) is 0 Å². The lowest BCUT2D eigenvalue weighted by molar-refractivity contribution is -0.108. The maximum Gasteiger partial charge on any atom is 0.125 e. The minimum absolute atomic E-state index is 0.114. The second kappa shape index (κ2) is 5.77. The monoisotopic (exact) mass is 157 g/mol. The zero-order valence-corrected chi connectivity index (χ0v) is 6.51. The highest BCUT2D eigenvalue weighted by atomic mass is 19.1. The fraction of sp³-hybridized carbons (Fsp3) is 0.500. The molecule has 0 heterocycles. The zero-order chi connectivity index (χ0) is 8.69. The van der Waals surface area contributed by atoms with Gasteiger partial charge in [-0.25, -0.2) is 4.39 Å². The van der Waals surface area contributed by atoms with E-state index in [-0.39, 0.29) is 6.42 Å². The molecule has 1 atom stereocenters. The molecule has 0 aliphatic carbocycles. The zero-order valence-electron chi connectivity index (χ0n) is 6.51. The molecule has 0 rings (SSSR count). The van der Waals surface area contributed by atoms with E-state index in [0.29, 0.717) is 18.3 Å². The van der Waals surface area contributed by atoms with Crippen molar-refractivity contribution in [2.45, 2.75) is 25.9 Å². The fourth-order valence-corrected chi connectivity index (χ4v) is 0.660. The van der Waals surface area contributed by atoms with Gasteiger partial charge in [0.25, 0.3) is 0 Å². The first-order valence-corrected chi connectivity index (χ1v) is 3.53. The van der Waals surface area contributed by atoms with Gasteiger partial charge < -0.3 is 10.2 Å². The van der Waals surface area contributed by atoms with E-state index < -0.39 is 6.17 Å². The summed E-state index contributed by atoms with van der Waals surface area (Å²) in [6.07, 6.45) is 2.24. The number of allylic oxidation sites excluding steroid dienone is 2. The number of carbonyl (C=O) groups is 1. The molecule has 2 nitrogen and oxygen atoms in total. The number of aldehydes is 1. The van der Waals surface area contributed by atoms with Gasteiger partial charge >= 0.3 is 0 Å². The van der Waals surface area contributed by atoms with Crippen LogP contribution in [-0.4, -0.2) is 18.7 Å². The lowest BCUT2D eigenvalue weighted by atomic mass is 10.1. The number of hydrogen-bond donors (Lipinski definition) is 1. The van der Waals surface area contributed by atoms with Gasteiger partial charge in [0.05, 0.1) is 0 Å². The third-order valence-corrected chi connectivity index (χ3v) is 1.31. The van der Waals surface area contributed by atoms with Crippen molar-refractivity contribution in [1.82, 2.24) is 0 Å². The molecule has 0 radical (unpaired) electrons. The minimum Gasteiger partial charge on any atom is -0.308 e. The molecular weight excluding hydrogens is 145 g/mol. The van der Waals surface area contributed by atoms with Crippen LogP contribution in [0.5, 0.6) is 0 Å². The van der Waals surface area contributed by atoms with Crippen LogP contribution in [0.4, 0.5) is 4.39 Å². The molecule has 0 aromatic carbocycles. The van der Waals surface area contributed by atoms with Gasteiger partial charge in [0.15, 0.2) is 0 Å². The molecule has 0 aromatic rings. The summed E-state index contributed by atoms with van der Waals surface area (Å²) < 4.78 is 12.6. The summed E-state index contributed by atoms with van der Waals surface area (Å²) in [5.41, 5.74) is 0.624. The van der Waals surface area contributed by atoms with Crippen molar-refractivity contribution >= 4 is 12.5 Å². The van der Waals surface area contributed by atoms with Gasteiger partial charge in [-0.15, -0.1) is 0 Å². The Bertz CT molecular complexity index is 165. The van der Waals surface area contributed by atoms with Crippen LogP contribution < -0.4 is 0 Å². The smallest absolute Gasteiger partial charge is 0.125 e. The highest BCUT2D eigenvalue weighted by molar-refractivity contribution is 5.75. The predicted octanol–water partition coefficient (Wildman–Crippen LogP) is 1.90. The van der Waals surface area contributed by atoms with Crippen LogP contribution in [0.1, 0.15) is 19.8 Å². The van der Waals surface area contributed by atoms with Crippen molar-refractivity contribution in [3.8, 4) is 0 Å². The van der Waals surface area contributed by atoms with E-state index in [2.05, 4.69) is 0 Å². The largest absolute Gasteiger partial charge is 0.308 e. The highest BCUT2D eigenvalue weighted by Crippen LogP contribution is 2.04. The maximum atomic E-state index is 12.6. The SMILES string of the molecule is CC/C(C=N)=C\C(F)CC=O. The van der Waals surface area contributed by atoms with Crippen molar-refractivity contribution in [2.24, 2.45) is 0 Å². The van der Waals surface area contributed by atoms with Gasteiger partial charge in [-0.05, 0) is 18.1 Å². The summed E-state index contributed by atoms with van der Waals surface area (Å²) in [6, 6.07) is 0.